The maximum absolute atomic E-state index is 11.1. The fourth-order valence-electron chi connectivity index (χ4n) is 0.728. The quantitative estimate of drug-likeness (QED) is 0.534. The highest BCUT2D eigenvalue weighted by atomic mass is 31.2. The molecule has 0 heterocycles. The molecular weight excluding hydrogens is 187 g/mol. The molecule has 0 aliphatic rings. The van der Waals surface area contributed by atoms with E-state index in [1.165, 1.54) is 5.82 Å². The molecule has 0 aromatic rings. The molecule has 0 aliphatic heterocycles. The van der Waals surface area contributed by atoms with Crippen molar-refractivity contribution in [2.45, 2.75) is 26.7 Å². The van der Waals surface area contributed by atoms with Gasteiger partial charge in [-0.15, -0.1) is 0 Å². The highest BCUT2D eigenvalue weighted by molar-refractivity contribution is 7.56. The third kappa shape index (κ3) is 7.97. The Bertz CT molecular complexity index is 221. The molecule has 1 unspecified atom stereocenters. The summed E-state index contributed by atoms with van der Waals surface area (Å²) in [6.07, 6.45) is 7.31. The smallest absolute Gasteiger partial charge is 0.321 e. The van der Waals surface area contributed by atoms with Crippen LogP contribution in [0.4, 0.5) is 0 Å². The summed E-state index contributed by atoms with van der Waals surface area (Å²) in [5, 5.41) is 0. The summed E-state index contributed by atoms with van der Waals surface area (Å²) in [5.41, 5.74) is 0. The van der Waals surface area contributed by atoms with Crippen LogP contribution in [0, 0.1) is 0 Å². The second-order valence-electron chi connectivity index (χ2n) is 2.54. The molecule has 0 rings (SSSR count). The van der Waals surface area contributed by atoms with Crippen LogP contribution in [0.5, 0.6) is 0 Å². The minimum Gasteiger partial charge on any atom is -0.321 e. The van der Waals surface area contributed by atoms with Crippen molar-refractivity contribution in [3.8, 4) is 0 Å². The predicted octanol–water partition coefficient (Wildman–Crippen LogP) is 3.08. The van der Waals surface area contributed by atoms with Crippen LogP contribution >= 0.6 is 7.60 Å². The van der Waals surface area contributed by atoms with E-state index in [2.05, 4.69) is 11.4 Å². The molecule has 0 aliphatic carbocycles. The lowest BCUT2D eigenvalue weighted by Gasteiger charge is -2.03. The van der Waals surface area contributed by atoms with Crippen molar-refractivity contribution < 1.29 is 14.0 Å². The molecule has 0 amide bonds. The maximum Gasteiger partial charge on any atom is 0.351 e. The molecule has 0 radical (unpaired) electrons. The van der Waals surface area contributed by atoms with Gasteiger partial charge in [-0.3, -0.25) is 4.57 Å². The van der Waals surface area contributed by atoms with E-state index in [1.54, 1.807) is 19.1 Å². The van der Waals surface area contributed by atoms with Crippen molar-refractivity contribution in [2.75, 3.05) is 6.61 Å². The largest absolute Gasteiger partial charge is 0.351 e. The number of hydrogen-bond acceptors (Lipinski definition) is 2. The van der Waals surface area contributed by atoms with Gasteiger partial charge in [0.05, 0.1) is 6.61 Å². The Labute approximate surface area is 79.7 Å². The Kier molecular flexibility index (Phi) is 6.87. The minimum atomic E-state index is -3.47. The monoisotopic (exact) mass is 204 g/mol. The van der Waals surface area contributed by atoms with Gasteiger partial charge in [-0.2, -0.15) is 0 Å². The van der Waals surface area contributed by atoms with Crippen molar-refractivity contribution in [3.63, 3.8) is 0 Å². The molecule has 0 bridgehead atoms. The van der Waals surface area contributed by atoms with Crippen molar-refractivity contribution in [1.82, 2.24) is 0 Å². The Morgan fingerprint density at radius 2 is 2.08 bits per heavy atom. The summed E-state index contributed by atoms with van der Waals surface area (Å²) in [6.45, 7) is 4.01. The van der Waals surface area contributed by atoms with E-state index in [4.69, 9.17) is 4.89 Å². The zero-order valence-electron chi connectivity index (χ0n) is 8.14. The van der Waals surface area contributed by atoms with Crippen molar-refractivity contribution in [1.29, 1.82) is 0 Å². The SMILES string of the molecule is CCC/C=C/C=C\P(=O)(O)OCC. The standard InChI is InChI=1S/C9H17O3P/c1-3-5-6-7-8-9-13(10,11)12-4-2/h6-9H,3-5H2,1-2H3,(H,10,11)/b7-6+,9-8-. The minimum absolute atomic E-state index is 0.247. The average molecular weight is 204 g/mol. The molecule has 13 heavy (non-hydrogen) atoms. The van der Waals surface area contributed by atoms with Crippen LogP contribution in [0.3, 0.4) is 0 Å². The summed E-state index contributed by atoms with van der Waals surface area (Å²) >= 11 is 0. The van der Waals surface area contributed by atoms with Crippen LogP contribution in [0.2, 0.25) is 0 Å². The van der Waals surface area contributed by atoms with Crippen molar-refractivity contribution in [3.05, 3.63) is 24.0 Å². The molecule has 1 N–H and O–H groups in total. The van der Waals surface area contributed by atoms with Gasteiger partial charge in [0.1, 0.15) is 0 Å². The second kappa shape index (κ2) is 7.07. The van der Waals surface area contributed by atoms with E-state index in [-0.39, 0.29) is 6.61 Å². The molecule has 1 atom stereocenters. The first-order valence-electron chi connectivity index (χ1n) is 4.43. The van der Waals surface area contributed by atoms with Crippen LogP contribution < -0.4 is 0 Å². The van der Waals surface area contributed by atoms with Crippen LogP contribution in [-0.2, 0) is 9.09 Å². The molecule has 0 saturated heterocycles. The summed E-state index contributed by atoms with van der Waals surface area (Å²) in [7, 11) is -3.47. The fraction of sp³-hybridized carbons (Fsp3) is 0.556. The zero-order valence-corrected chi connectivity index (χ0v) is 9.04. The second-order valence-corrected chi connectivity index (χ2v) is 4.22. The van der Waals surface area contributed by atoms with Gasteiger partial charge >= 0.3 is 7.60 Å². The Hall–Kier alpha value is -0.370. The molecular formula is C9H17O3P. The Morgan fingerprint density at radius 3 is 2.62 bits per heavy atom. The van der Waals surface area contributed by atoms with Gasteiger partial charge in [0, 0.05) is 5.82 Å². The lowest BCUT2D eigenvalue weighted by atomic mass is 10.3. The number of hydrogen-bond donors (Lipinski definition) is 1. The average Bonchev–Trinajstić information content (AvgIpc) is 2.04. The van der Waals surface area contributed by atoms with Gasteiger partial charge in [-0.25, -0.2) is 0 Å². The summed E-state index contributed by atoms with van der Waals surface area (Å²) < 4.78 is 15.7. The van der Waals surface area contributed by atoms with Crippen molar-refractivity contribution >= 4 is 7.60 Å². The normalized spacial score (nSPS) is 16.8. The van der Waals surface area contributed by atoms with Gasteiger partial charge in [0.2, 0.25) is 0 Å². The molecule has 0 fully saturated rings. The van der Waals surface area contributed by atoms with Crippen molar-refractivity contribution in [2.24, 2.45) is 0 Å². The third-order valence-corrected chi connectivity index (χ3v) is 2.47. The molecule has 0 aromatic carbocycles. The van der Waals surface area contributed by atoms with Crippen LogP contribution in [0.1, 0.15) is 26.7 Å². The van der Waals surface area contributed by atoms with Crippen LogP contribution in [-0.4, -0.2) is 11.5 Å². The van der Waals surface area contributed by atoms with E-state index in [0.29, 0.717) is 0 Å². The Morgan fingerprint density at radius 1 is 1.38 bits per heavy atom. The first kappa shape index (κ1) is 12.6. The highest BCUT2D eigenvalue weighted by Gasteiger charge is 2.11. The molecule has 4 heteroatoms. The summed E-state index contributed by atoms with van der Waals surface area (Å²) in [4.78, 5) is 9.08. The maximum atomic E-state index is 11.1. The highest BCUT2D eigenvalue weighted by Crippen LogP contribution is 2.43. The summed E-state index contributed by atoms with van der Waals surface area (Å²) in [6, 6.07) is 0. The number of rotatable bonds is 6. The van der Waals surface area contributed by atoms with Gasteiger partial charge in [0.25, 0.3) is 0 Å². The van der Waals surface area contributed by atoms with Crippen LogP contribution in [0.25, 0.3) is 0 Å². The van der Waals surface area contributed by atoms with E-state index in [0.717, 1.165) is 12.8 Å². The lowest BCUT2D eigenvalue weighted by Crippen LogP contribution is -1.83. The Balaban J connectivity index is 3.89. The van der Waals surface area contributed by atoms with E-state index in [9.17, 15) is 4.57 Å². The van der Waals surface area contributed by atoms with Gasteiger partial charge in [-0.05, 0) is 13.3 Å². The number of unbranched alkanes of at least 4 members (excludes halogenated alkanes) is 1. The molecule has 0 spiro atoms. The van der Waals surface area contributed by atoms with E-state index in [1.807, 2.05) is 6.08 Å². The van der Waals surface area contributed by atoms with Crippen LogP contribution in [0.15, 0.2) is 24.0 Å². The predicted molar refractivity (Wildman–Crippen MR) is 54.6 cm³/mol. The van der Waals surface area contributed by atoms with E-state index >= 15 is 0 Å². The summed E-state index contributed by atoms with van der Waals surface area (Å²) in [5.74, 6) is 1.20. The topological polar surface area (TPSA) is 46.5 Å². The molecule has 76 valence electrons. The first-order valence-corrected chi connectivity index (χ1v) is 6.08. The first-order chi connectivity index (χ1) is 6.12. The van der Waals surface area contributed by atoms with Gasteiger partial charge in [-0.1, -0.05) is 31.6 Å². The zero-order chi connectivity index (χ0) is 10.2. The number of allylic oxidation sites excluding steroid dienone is 3. The molecule has 3 nitrogen and oxygen atoms in total. The molecule has 0 aromatic heterocycles. The lowest BCUT2D eigenvalue weighted by molar-refractivity contribution is 0.283. The van der Waals surface area contributed by atoms with Gasteiger partial charge < -0.3 is 9.42 Å². The third-order valence-electron chi connectivity index (χ3n) is 1.29. The van der Waals surface area contributed by atoms with Gasteiger partial charge in [0.15, 0.2) is 0 Å². The molecule has 0 saturated carbocycles. The fourth-order valence-corrected chi connectivity index (χ4v) is 1.50. The van der Waals surface area contributed by atoms with E-state index < -0.39 is 7.60 Å².